The Bertz CT molecular complexity index is 1620. The van der Waals surface area contributed by atoms with E-state index in [1.165, 1.54) is 0 Å². The molecule has 1 N–H and O–H groups in total. The fraction of sp³-hybridized carbons (Fsp3) is 0.357. The maximum absolute atomic E-state index is 13.5. The largest absolute Gasteiger partial charge is 0.501 e. The number of benzene rings is 2. The van der Waals surface area contributed by atoms with Crippen molar-refractivity contribution in [3.05, 3.63) is 46.3 Å². The molecule has 0 saturated heterocycles. The molecule has 6 rings (SSSR count). The van der Waals surface area contributed by atoms with Crippen LogP contribution in [0.4, 0.5) is 0 Å². The second kappa shape index (κ2) is 8.13. The molecule has 0 bridgehead atoms. The molecule has 36 heavy (non-hydrogen) atoms. The molecule has 2 aliphatic rings. The highest BCUT2D eigenvalue weighted by atomic mass is 16.5. The number of aryl methyl sites for hydroxylation is 1. The van der Waals surface area contributed by atoms with E-state index in [0.29, 0.717) is 23.6 Å². The van der Waals surface area contributed by atoms with E-state index in [0.717, 1.165) is 69.1 Å². The first-order chi connectivity index (χ1) is 17.3. The first-order valence-corrected chi connectivity index (χ1v) is 12.2. The van der Waals surface area contributed by atoms with Gasteiger partial charge in [-0.15, -0.1) is 0 Å². The summed E-state index contributed by atoms with van der Waals surface area (Å²) in [7, 11) is 9.23. The summed E-state index contributed by atoms with van der Waals surface area (Å²) in [6.45, 7) is 2.27. The van der Waals surface area contributed by atoms with Crippen LogP contribution in [-0.2, 0) is 17.8 Å². The zero-order chi connectivity index (χ0) is 25.3. The van der Waals surface area contributed by atoms with Gasteiger partial charge >= 0.3 is 0 Å². The van der Waals surface area contributed by atoms with Gasteiger partial charge in [0.25, 0.3) is 5.91 Å². The lowest BCUT2D eigenvalue weighted by molar-refractivity contribution is 0.0817. The Morgan fingerprint density at radius 2 is 1.92 bits per heavy atom. The average molecular weight is 487 g/mol. The Morgan fingerprint density at radius 1 is 1.11 bits per heavy atom. The number of fused-ring (bicyclic) bond motifs is 10. The smallest absolute Gasteiger partial charge is 0.254 e. The summed E-state index contributed by atoms with van der Waals surface area (Å²) in [6, 6.07) is 6.14. The minimum absolute atomic E-state index is 0.0273. The molecule has 1 aliphatic heterocycles. The number of ketones is 1. The minimum Gasteiger partial charge on any atom is -0.501 e. The van der Waals surface area contributed by atoms with E-state index in [9.17, 15) is 9.59 Å². The number of methoxy groups -OCH3 is 2. The van der Waals surface area contributed by atoms with E-state index in [-0.39, 0.29) is 18.1 Å². The lowest BCUT2D eigenvalue weighted by Crippen LogP contribution is -2.17. The van der Waals surface area contributed by atoms with Crippen molar-refractivity contribution in [1.29, 1.82) is 0 Å². The molecule has 1 amide bonds. The molecule has 3 heterocycles. The Labute approximate surface area is 209 Å². The number of rotatable bonds is 6. The summed E-state index contributed by atoms with van der Waals surface area (Å²) in [4.78, 5) is 34.0. The molecule has 4 aromatic rings. The molecule has 186 valence electrons. The van der Waals surface area contributed by atoms with E-state index >= 15 is 0 Å². The number of hydrogen-bond acceptors (Lipinski definition) is 5. The fourth-order valence-electron chi connectivity index (χ4n) is 5.88. The molecule has 0 radical (unpaired) electrons. The van der Waals surface area contributed by atoms with E-state index in [1.807, 2.05) is 19.2 Å². The Kier molecular flexibility index (Phi) is 5.12. The van der Waals surface area contributed by atoms with Crippen LogP contribution in [0.25, 0.3) is 38.8 Å². The standard InChI is InChI=1S/C28H30N4O4/c1-30(2)9-6-10-32-20-8-7-15(35-4)11-17(20)22-19-14-31(3)28(34)24(19)23-18-12-16(36-5)13-21(33)25(18)29-26(23)27(22)32/h7-8,11-12,29H,6,9-10,13-14H2,1-5H3. The molecule has 0 unspecified atom stereocenters. The number of ether oxygens (including phenoxy) is 2. The SMILES string of the molecule is COC1=Cc2c([nH]c3c2c2c(c4c5cc(OC)ccc5n(CCCN(C)C)c34)CN(C)C2=O)C(=O)C1. The van der Waals surface area contributed by atoms with Crippen molar-refractivity contribution in [2.24, 2.45) is 0 Å². The van der Waals surface area contributed by atoms with Crippen LogP contribution in [0, 0.1) is 0 Å². The molecule has 8 nitrogen and oxygen atoms in total. The number of carbonyl (C=O) groups excluding carboxylic acids is 2. The number of H-pyrrole nitrogens is 1. The van der Waals surface area contributed by atoms with Gasteiger partial charge in [0.1, 0.15) is 11.5 Å². The second-order valence-corrected chi connectivity index (χ2v) is 10.0. The summed E-state index contributed by atoms with van der Waals surface area (Å²) in [5.41, 5.74) is 5.93. The minimum atomic E-state index is -0.0295. The third-order valence-electron chi connectivity index (χ3n) is 7.52. The third kappa shape index (κ3) is 3.10. The van der Waals surface area contributed by atoms with Gasteiger partial charge in [0, 0.05) is 47.4 Å². The number of nitrogens with one attached hydrogen (secondary N) is 1. The van der Waals surface area contributed by atoms with E-state index in [2.05, 4.69) is 40.7 Å². The van der Waals surface area contributed by atoms with Crippen LogP contribution < -0.4 is 4.74 Å². The van der Waals surface area contributed by atoms with Crippen molar-refractivity contribution in [1.82, 2.24) is 19.4 Å². The zero-order valence-corrected chi connectivity index (χ0v) is 21.3. The molecular formula is C28H30N4O4. The van der Waals surface area contributed by atoms with Crippen molar-refractivity contribution in [3.63, 3.8) is 0 Å². The highest BCUT2D eigenvalue weighted by Crippen LogP contribution is 2.46. The predicted molar refractivity (Wildman–Crippen MR) is 141 cm³/mol. The van der Waals surface area contributed by atoms with Crippen molar-refractivity contribution >= 4 is 50.5 Å². The van der Waals surface area contributed by atoms with Crippen LogP contribution in [0.2, 0.25) is 0 Å². The number of aromatic nitrogens is 2. The molecule has 1 aliphatic carbocycles. The van der Waals surface area contributed by atoms with Crippen molar-refractivity contribution in [2.45, 2.75) is 25.9 Å². The number of carbonyl (C=O) groups is 2. The average Bonchev–Trinajstić information content (AvgIpc) is 3.49. The highest BCUT2D eigenvalue weighted by Gasteiger charge is 2.36. The lowest BCUT2D eigenvalue weighted by atomic mass is 9.93. The lowest BCUT2D eigenvalue weighted by Gasteiger charge is -2.13. The van der Waals surface area contributed by atoms with E-state index in [4.69, 9.17) is 9.47 Å². The molecule has 0 atom stereocenters. The third-order valence-corrected chi connectivity index (χ3v) is 7.52. The molecule has 0 saturated carbocycles. The second-order valence-electron chi connectivity index (χ2n) is 10.0. The van der Waals surface area contributed by atoms with Gasteiger partial charge in [0.05, 0.1) is 42.9 Å². The van der Waals surface area contributed by atoms with Gasteiger partial charge in [-0.1, -0.05) is 0 Å². The first kappa shape index (κ1) is 22.7. The summed E-state index contributed by atoms with van der Waals surface area (Å²) in [5, 5.41) is 2.92. The topological polar surface area (TPSA) is 79.8 Å². The van der Waals surface area contributed by atoms with Crippen LogP contribution in [-0.4, -0.2) is 72.9 Å². The number of amides is 1. The monoisotopic (exact) mass is 486 g/mol. The Hall–Kier alpha value is -3.78. The molecular weight excluding hydrogens is 456 g/mol. The molecule has 2 aromatic heterocycles. The van der Waals surface area contributed by atoms with Crippen LogP contribution >= 0.6 is 0 Å². The van der Waals surface area contributed by atoms with Crippen molar-refractivity contribution < 1.29 is 19.1 Å². The number of Topliss-reactive ketones (excluding diaryl/α,β-unsaturated/α-hetero) is 1. The van der Waals surface area contributed by atoms with Gasteiger partial charge in [-0.05, 0) is 56.9 Å². The summed E-state index contributed by atoms with van der Waals surface area (Å²) < 4.78 is 13.4. The first-order valence-electron chi connectivity index (χ1n) is 12.2. The van der Waals surface area contributed by atoms with Gasteiger partial charge in [-0.25, -0.2) is 0 Å². The normalized spacial score (nSPS) is 15.4. The van der Waals surface area contributed by atoms with Crippen LogP contribution in [0.3, 0.4) is 0 Å². The predicted octanol–water partition coefficient (Wildman–Crippen LogP) is 4.40. The van der Waals surface area contributed by atoms with E-state index in [1.54, 1.807) is 19.1 Å². The van der Waals surface area contributed by atoms with Gasteiger partial charge in [0.15, 0.2) is 5.78 Å². The maximum atomic E-state index is 13.5. The summed E-state index contributed by atoms with van der Waals surface area (Å²) >= 11 is 0. The number of nitrogens with zero attached hydrogens (tertiary/aromatic N) is 3. The van der Waals surface area contributed by atoms with Crippen LogP contribution in [0.5, 0.6) is 5.75 Å². The van der Waals surface area contributed by atoms with Gasteiger partial charge < -0.3 is 28.8 Å². The zero-order valence-electron chi connectivity index (χ0n) is 21.3. The summed E-state index contributed by atoms with van der Waals surface area (Å²) in [5.74, 6) is 1.32. The van der Waals surface area contributed by atoms with E-state index < -0.39 is 0 Å². The summed E-state index contributed by atoms with van der Waals surface area (Å²) in [6.07, 6.45) is 3.08. The van der Waals surface area contributed by atoms with Crippen LogP contribution in [0.15, 0.2) is 24.0 Å². The van der Waals surface area contributed by atoms with Gasteiger partial charge in [-0.2, -0.15) is 0 Å². The van der Waals surface area contributed by atoms with Crippen molar-refractivity contribution in [3.8, 4) is 5.75 Å². The van der Waals surface area contributed by atoms with Gasteiger partial charge in [-0.3, -0.25) is 9.59 Å². The van der Waals surface area contributed by atoms with Gasteiger partial charge in [0.2, 0.25) is 0 Å². The number of allylic oxidation sites excluding steroid dienone is 1. The maximum Gasteiger partial charge on any atom is 0.254 e. The molecule has 8 heteroatoms. The molecule has 2 aromatic carbocycles. The Balaban J connectivity index is 1.79. The Morgan fingerprint density at radius 3 is 2.64 bits per heavy atom. The van der Waals surface area contributed by atoms with Crippen LogP contribution in [0.1, 0.15) is 44.8 Å². The number of aromatic amines is 1. The highest BCUT2D eigenvalue weighted by molar-refractivity contribution is 6.28. The fourth-order valence-corrected chi connectivity index (χ4v) is 5.88. The van der Waals surface area contributed by atoms with Crippen molar-refractivity contribution in [2.75, 3.05) is 41.9 Å². The molecule has 0 spiro atoms. The molecule has 0 fully saturated rings. The number of hydrogen-bond donors (Lipinski definition) is 1. The quantitative estimate of drug-likeness (QED) is 0.437.